The van der Waals surface area contributed by atoms with Crippen LogP contribution in [0.3, 0.4) is 0 Å². The minimum atomic E-state index is 0.270. The Morgan fingerprint density at radius 2 is 2.12 bits per heavy atom. The molecule has 1 aromatic rings. The smallest absolute Gasteiger partial charge is 0.148 e. The van der Waals surface area contributed by atoms with Crippen LogP contribution in [0.25, 0.3) is 0 Å². The van der Waals surface area contributed by atoms with Crippen molar-refractivity contribution >= 4 is 17.5 Å². The Morgan fingerprint density at radius 3 is 2.71 bits per heavy atom. The quantitative estimate of drug-likeness (QED) is 0.715. The second-order valence-electron chi connectivity index (χ2n) is 4.11. The zero-order valence-corrected chi connectivity index (χ0v) is 11.8. The minimum Gasteiger partial charge on any atom is -0.298 e. The molecular weight excluding hydrogens is 232 g/mol. The van der Waals surface area contributed by atoms with Gasteiger partial charge in [-0.25, -0.2) is 0 Å². The van der Waals surface area contributed by atoms with Gasteiger partial charge in [0.15, 0.2) is 0 Å². The maximum absolute atomic E-state index is 11.6. The van der Waals surface area contributed by atoms with E-state index in [0.29, 0.717) is 18.2 Å². The summed E-state index contributed by atoms with van der Waals surface area (Å²) in [6.07, 6.45) is 4.63. The molecule has 0 fully saturated rings. The Morgan fingerprint density at radius 1 is 1.41 bits per heavy atom. The van der Waals surface area contributed by atoms with Crippen molar-refractivity contribution < 1.29 is 4.79 Å². The molecule has 17 heavy (non-hydrogen) atoms. The number of carbonyl (C=O) groups is 1. The fourth-order valence-corrected chi connectivity index (χ4v) is 2.34. The number of thioether (sulfide) groups is 1. The van der Waals surface area contributed by atoms with Crippen molar-refractivity contribution in [3.05, 3.63) is 18.0 Å². The van der Waals surface area contributed by atoms with Crippen molar-refractivity contribution in [1.29, 1.82) is 0 Å². The normalized spacial score (nSPS) is 11.1. The molecule has 1 rings (SSSR count). The second kappa shape index (κ2) is 7.54. The number of nitrogens with zero attached hydrogens (tertiary/aromatic N) is 2. The first kappa shape index (κ1) is 14.3. The molecule has 0 saturated carbocycles. The number of rotatable bonds is 8. The average molecular weight is 254 g/mol. The fraction of sp³-hybridized carbons (Fsp3) is 0.692. The highest BCUT2D eigenvalue weighted by Crippen LogP contribution is 2.14. The Kier molecular flexibility index (Phi) is 6.34. The van der Waals surface area contributed by atoms with Crippen LogP contribution in [0.15, 0.2) is 12.3 Å². The van der Waals surface area contributed by atoms with Gasteiger partial charge in [0, 0.05) is 6.20 Å². The van der Waals surface area contributed by atoms with E-state index < -0.39 is 0 Å². The Hall–Kier alpha value is -0.770. The van der Waals surface area contributed by atoms with Gasteiger partial charge >= 0.3 is 0 Å². The van der Waals surface area contributed by atoms with Crippen molar-refractivity contribution in [2.24, 2.45) is 0 Å². The number of hydrogen-bond donors (Lipinski definition) is 0. The molecule has 0 aromatic carbocycles. The van der Waals surface area contributed by atoms with Crippen LogP contribution in [0.5, 0.6) is 0 Å². The van der Waals surface area contributed by atoms with Gasteiger partial charge in [0.2, 0.25) is 0 Å². The molecular formula is C13H22N2OS. The van der Waals surface area contributed by atoms with E-state index in [-0.39, 0.29) is 5.78 Å². The maximum Gasteiger partial charge on any atom is 0.148 e. The number of carbonyl (C=O) groups excluding carboxylic acids is 1. The summed E-state index contributed by atoms with van der Waals surface area (Å²) in [6.45, 7) is 6.40. The summed E-state index contributed by atoms with van der Waals surface area (Å²) in [5.41, 5.74) is 0.901. The van der Waals surface area contributed by atoms with E-state index in [9.17, 15) is 4.79 Å². The topological polar surface area (TPSA) is 34.9 Å². The summed E-state index contributed by atoms with van der Waals surface area (Å²) in [5, 5.41) is 4.49. The molecule has 1 heterocycles. The zero-order chi connectivity index (χ0) is 12.7. The number of Topliss-reactive ketones (excluding diaryl/α,β-unsaturated/α-hetero) is 1. The Bertz CT molecular complexity index is 345. The van der Waals surface area contributed by atoms with Gasteiger partial charge in [-0.2, -0.15) is 16.9 Å². The SMILES string of the molecule is CCSCC(=O)Cc1ccn(C(CC)CC)n1. The van der Waals surface area contributed by atoms with Crippen LogP contribution in [0.1, 0.15) is 45.3 Å². The summed E-state index contributed by atoms with van der Waals surface area (Å²) in [7, 11) is 0. The molecule has 96 valence electrons. The number of hydrogen-bond acceptors (Lipinski definition) is 3. The molecule has 0 aliphatic carbocycles. The Balaban J connectivity index is 2.53. The average Bonchev–Trinajstić information content (AvgIpc) is 2.76. The van der Waals surface area contributed by atoms with Gasteiger partial charge in [-0.3, -0.25) is 9.48 Å². The van der Waals surface area contributed by atoms with E-state index in [0.717, 1.165) is 24.3 Å². The predicted octanol–water partition coefficient (Wildman–Crippen LogP) is 3.11. The van der Waals surface area contributed by atoms with E-state index in [2.05, 4.69) is 25.9 Å². The third kappa shape index (κ3) is 4.54. The lowest BCUT2D eigenvalue weighted by atomic mass is 10.2. The molecule has 0 aliphatic rings. The standard InChI is InChI=1S/C13H22N2OS/c1-4-12(5-2)15-8-7-11(14-15)9-13(16)10-17-6-3/h7-8,12H,4-6,9-10H2,1-3H3. The summed E-state index contributed by atoms with van der Waals surface area (Å²) in [4.78, 5) is 11.6. The van der Waals surface area contributed by atoms with Crippen LogP contribution >= 0.6 is 11.8 Å². The molecule has 3 nitrogen and oxygen atoms in total. The van der Waals surface area contributed by atoms with Crippen molar-refractivity contribution in [2.75, 3.05) is 11.5 Å². The van der Waals surface area contributed by atoms with Gasteiger partial charge < -0.3 is 0 Å². The summed E-state index contributed by atoms with van der Waals surface area (Å²) in [5.74, 6) is 1.87. The first-order chi connectivity index (χ1) is 8.21. The first-order valence-corrected chi connectivity index (χ1v) is 7.50. The molecule has 0 N–H and O–H groups in total. The fourth-order valence-electron chi connectivity index (χ4n) is 1.81. The van der Waals surface area contributed by atoms with Crippen molar-refractivity contribution in [1.82, 2.24) is 9.78 Å². The van der Waals surface area contributed by atoms with Crippen LogP contribution in [0.4, 0.5) is 0 Å². The summed E-state index contributed by atoms with van der Waals surface area (Å²) in [6, 6.07) is 2.43. The van der Waals surface area contributed by atoms with Crippen LogP contribution in [0, 0.1) is 0 Å². The maximum atomic E-state index is 11.6. The molecule has 0 spiro atoms. The van der Waals surface area contributed by atoms with Crippen LogP contribution in [-0.2, 0) is 11.2 Å². The summed E-state index contributed by atoms with van der Waals surface area (Å²) >= 11 is 1.67. The molecule has 0 saturated heterocycles. The van der Waals surface area contributed by atoms with E-state index in [1.807, 2.05) is 16.9 Å². The van der Waals surface area contributed by atoms with E-state index in [1.54, 1.807) is 11.8 Å². The highest BCUT2D eigenvalue weighted by molar-refractivity contribution is 7.99. The van der Waals surface area contributed by atoms with Gasteiger partial charge in [-0.15, -0.1) is 0 Å². The lowest BCUT2D eigenvalue weighted by Gasteiger charge is -2.12. The van der Waals surface area contributed by atoms with Crippen molar-refractivity contribution in [3.8, 4) is 0 Å². The zero-order valence-electron chi connectivity index (χ0n) is 11.0. The lowest BCUT2D eigenvalue weighted by molar-refractivity contribution is -0.116. The largest absolute Gasteiger partial charge is 0.298 e. The number of ketones is 1. The van der Waals surface area contributed by atoms with E-state index in [4.69, 9.17) is 0 Å². The third-order valence-corrected chi connectivity index (χ3v) is 3.76. The van der Waals surface area contributed by atoms with Gasteiger partial charge in [-0.05, 0) is 24.7 Å². The van der Waals surface area contributed by atoms with Crippen LogP contribution in [0.2, 0.25) is 0 Å². The van der Waals surface area contributed by atoms with Gasteiger partial charge in [-0.1, -0.05) is 20.8 Å². The molecule has 1 aromatic heterocycles. The monoisotopic (exact) mass is 254 g/mol. The molecule has 0 unspecified atom stereocenters. The second-order valence-corrected chi connectivity index (χ2v) is 5.38. The lowest BCUT2D eigenvalue weighted by Crippen LogP contribution is -2.10. The minimum absolute atomic E-state index is 0.270. The van der Waals surface area contributed by atoms with Crippen LogP contribution < -0.4 is 0 Å². The molecule has 0 amide bonds. The number of aromatic nitrogens is 2. The molecule has 4 heteroatoms. The van der Waals surface area contributed by atoms with E-state index >= 15 is 0 Å². The molecule has 0 radical (unpaired) electrons. The van der Waals surface area contributed by atoms with Gasteiger partial charge in [0.25, 0.3) is 0 Å². The Labute approximate surface area is 108 Å². The van der Waals surface area contributed by atoms with Crippen molar-refractivity contribution in [2.45, 2.75) is 46.1 Å². The summed E-state index contributed by atoms with van der Waals surface area (Å²) < 4.78 is 2.00. The first-order valence-electron chi connectivity index (χ1n) is 6.34. The van der Waals surface area contributed by atoms with E-state index in [1.165, 1.54) is 0 Å². The molecule has 0 aliphatic heterocycles. The third-order valence-electron chi connectivity index (χ3n) is 2.83. The van der Waals surface area contributed by atoms with Gasteiger partial charge in [0.05, 0.1) is 23.9 Å². The van der Waals surface area contributed by atoms with Crippen molar-refractivity contribution in [3.63, 3.8) is 0 Å². The highest BCUT2D eigenvalue weighted by atomic mass is 32.2. The van der Waals surface area contributed by atoms with Gasteiger partial charge in [0.1, 0.15) is 5.78 Å². The predicted molar refractivity (Wildman–Crippen MR) is 73.6 cm³/mol. The van der Waals surface area contributed by atoms with Crippen LogP contribution in [-0.4, -0.2) is 27.1 Å². The highest BCUT2D eigenvalue weighted by Gasteiger charge is 2.10. The molecule has 0 bridgehead atoms. The molecule has 0 atom stereocenters.